The molecule has 0 saturated carbocycles. The van der Waals surface area contributed by atoms with Gasteiger partial charge in [0.05, 0.1) is 0 Å². The van der Waals surface area contributed by atoms with Gasteiger partial charge in [0, 0.05) is 17.6 Å². The van der Waals surface area contributed by atoms with E-state index in [1.807, 2.05) is 66.5 Å². The van der Waals surface area contributed by atoms with E-state index in [1.54, 1.807) is 6.92 Å². The number of nitrogens with zero attached hydrogens (tertiary/aromatic N) is 1. The van der Waals surface area contributed by atoms with E-state index in [2.05, 4.69) is 26.6 Å². The van der Waals surface area contributed by atoms with Gasteiger partial charge in [-0.1, -0.05) is 64.5 Å². The maximum absolute atomic E-state index is 12.7. The van der Waals surface area contributed by atoms with Crippen molar-refractivity contribution in [2.24, 2.45) is 0 Å². The number of hydrogen-bond acceptors (Lipinski definition) is 3. The molecule has 132 valence electrons. The molecular weight excluding hydrogens is 382 g/mol. The molecule has 25 heavy (non-hydrogen) atoms. The summed E-state index contributed by atoms with van der Waals surface area (Å²) in [4.78, 5) is 26.4. The van der Waals surface area contributed by atoms with Crippen molar-refractivity contribution in [1.82, 2.24) is 15.5 Å². The Morgan fingerprint density at radius 3 is 2.36 bits per heavy atom. The van der Waals surface area contributed by atoms with E-state index in [1.165, 1.54) is 0 Å². The minimum atomic E-state index is -0.573. The van der Waals surface area contributed by atoms with Crippen molar-refractivity contribution in [3.8, 4) is 0 Å². The van der Waals surface area contributed by atoms with Crippen LogP contribution < -0.4 is 10.6 Å². The van der Waals surface area contributed by atoms with E-state index < -0.39 is 12.1 Å². The lowest BCUT2D eigenvalue weighted by Crippen LogP contribution is -2.45. The molecule has 0 bridgehead atoms. The zero-order valence-corrected chi connectivity index (χ0v) is 15.9. The summed E-state index contributed by atoms with van der Waals surface area (Å²) in [6.45, 7) is 2.82. The standard InChI is InChI=1S/C19H22BrN3O2/c1-3-21-19(25)22-18(24)17(14-9-5-4-6-10-14)23(2)13-15-11-7-8-12-16(15)20/h4-12,17H,3,13H2,1-2H3,(H2,21,22,24,25)/t17-/m0/s1. The molecule has 0 fully saturated rings. The Balaban J connectivity index is 2.23. The number of likely N-dealkylation sites (N-methyl/N-ethyl adjacent to an activating group) is 1. The van der Waals surface area contributed by atoms with Gasteiger partial charge in [0.1, 0.15) is 6.04 Å². The smallest absolute Gasteiger partial charge is 0.321 e. The molecule has 1 atom stereocenters. The van der Waals surface area contributed by atoms with E-state index in [4.69, 9.17) is 0 Å². The highest BCUT2D eigenvalue weighted by Crippen LogP contribution is 2.24. The Morgan fingerprint density at radius 2 is 1.72 bits per heavy atom. The quantitative estimate of drug-likeness (QED) is 0.775. The zero-order valence-electron chi connectivity index (χ0n) is 14.3. The van der Waals surface area contributed by atoms with Gasteiger partial charge in [0.25, 0.3) is 0 Å². The molecule has 2 aromatic rings. The SMILES string of the molecule is CCNC(=O)NC(=O)[C@H](c1ccccc1)N(C)Cc1ccccc1Br. The molecule has 2 rings (SSSR count). The van der Waals surface area contributed by atoms with Gasteiger partial charge in [0.2, 0.25) is 5.91 Å². The number of benzene rings is 2. The topological polar surface area (TPSA) is 61.4 Å². The molecule has 0 spiro atoms. The molecule has 5 nitrogen and oxygen atoms in total. The first kappa shape index (κ1) is 19.1. The predicted octanol–water partition coefficient (Wildman–Crippen LogP) is 3.47. The van der Waals surface area contributed by atoms with Crippen LogP contribution in [0, 0.1) is 0 Å². The molecule has 2 N–H and O–H groups in total. The second kappa shape index (κ2) is 9.34. The molecule has 0 radical (unpaired) electrons. The van der Waals surface area contributed by atoms with E-state index in [9.17, 15) is 9.59 Å². The van der Waals surface area contributed by atoms with Gasteiger partial charge in [-0.05, 0) is 31.2 Å². The molecule has 3 amide bonds. The highest BCUT2D eigenvalue weighted by molar-refractivity contribution is 9.10. The molecular formula is C19H22BrN3O2. The summed E-state index contributed by atoms with van der Waals surface area (Å²) in [6.07, 6.45) is 0. The van der Waals surface area contributed by atoms with Crippen LogP contribution in [0.4, 0.5) is 4.79 Å². The third-order valence-electron chi connectivity index (χ3n) is 3.76. The van der Waals surface area contributed by atoms with E-state index in [0.29, 0.717) is 13.1 Å². The highest BCUT2D eigenvalue weighted by atomic mass is 79.9. The largest absolute Gasteiger partial charge is 0.338 e. The minimum absolute atomic E-state index is 0.355. The average Bonchev–Trinajstić information content (AvgIpc) is 2.58. The average molecular weight is 404 g/mol. The van der Waals surface area contributed by atoms with Crippen molar-refractivity contribution in [3.63, 3.8) is 0 Å². The van der Waals surface area contributed by atoms with Crippen molar-refractivity contribution >= 4 is 27.9 Å². The number of amides is 3. The Morgan fingerprint density at radius 1 is 1.08 bits per heavy atom. The lowest BCUT2D eigenvalue weighted by molar-refractivity contribution is -0.125. The number of urea groups is 1. The van der Waals surface area contributed by atoms with E-state index in [0.717, 1.165) is 15.6 Å². The number of nitrogens with one attached hydrogen (secondary N) is 2. The molecule has 0 aliphatic rings. The van der Waals surface area contributed by atoms with E-state index >= 15 is 0 Å². The minimum Gasteiger partial charge on any atom is -0.338 e. The van der Waals surface area contributed by atoms with Crippen LogP contribution in [-0.4, -0.2) is 30.4 Å². The third-order valence-corrected chi connectivity index (χ3v) is 4.53. The first-order chi connectivity index (χ1) is 12.0. The van der Waals surface area contributed by atoms with Crippen LogP contribution in [0.15, 0.2) is 59.1 Å². The number of hydrogen-bond donors (Lipinski definition) is 2. The monoisotopic (exact) mass is 403 g/mol. The number of carbonyl (C=O) groups excluding carboxylic acids is 2. The molecule has 0 unspecified atom stereocenters. The second-order valence-corrected chi connectivity index (χ2v) is 6.52. The molecule has 2 aromatic carbocycles. The molecule has 0 heterocycles. The summed E-state index contributed by atoms with van der Waals surface area (Å²) < 4.78 is 0.984. The Bertz CT molecular complexity index is 722. The van der Waals surface area contributed by atoms with Crippen LogP contribution in [0.1, 0.15) is 24.1 Å². The first-order valence-corrected chi connectivity index (χ1v) is 8.89. The second-order valence-electron chi connectivity index (χ2n) is 5.67. The summed E-state index contributed by atoms with van der Waals surface area (Å²) in [5.74, 6) is -0.355. The summed E-state index contributed by atoms with van der Waals surface area (Å²) in [7, 11) is 1.87. The fraction of sp³-hybridized carbons (Fsp3) is 0.263. The number of halogens is 1. The summed E-state index contributed by atoms with van der Waals surface area (Å²) in [5, 5.41) is 5.00. The van der Waals surface area contributed by atoms with Crippen LogP contribution in [0.3, 0.4) is 0 Å². The first-order valence-electron chi connectivity index (χ1n) is 8.10. The van der Waals surface area contributed by atoms with Crippen LogP contribution in [0.2, 0.25) is 0 Å². The van der Waals surface area contributed by atoms with Gasteiger partial charge < -0.3 is 5.32 Å². The van der Waals surface area contributed by atoms with E-state index in [-0.39, 0.29) is 5.91 Å². The predicted molar refractivity (Wildman–Crippen MR) is 102 cm³/mol. The Kier molecular flexibility index (Phi) is 7.16. The van der Waals surface area contributed by atoms with Crippen molar-refractivity contribution in [2.45, 2.75) is 19.5 Å². The molecule has 0 saturated heterocycles. The van der Waals surface area contributed by atoms with Gasteiger partial charge in [0.15, 0.2) is 0 Å². The van der Waals surface area contributed by atoms with Gasteiger partial charge in [-0.2, -0.15) is 0 Å². The summed E-state index contributed by atoms with van der Waals surface area (Å²) in [5.41, 5.74) is 1.90. The molecule has 0 aromatic heterocycles. The molecule has 6 heteroatoms. The lowest BCUT2D eigenvalue weighted by Gasteiger charge is -2.27. The number of rotatable bonds is 6. The van der Waals surface area contributed by atoms with Crippen molar-refractivity contribution in [3.05, 3.63) is 70.2 Å². The number of carbonyl (C=O) groups is 2. The van der Waals surface area contributed by atoms with Gasteiger partial charge in [-0.3, -0.25) is 15.0 Å². The van der Waals surface area contributed by atoms with Crippen LogP contribution >= 0.6 is 15.9 Å². The third kappa shape index (κ3) is 5.41. The van der Waals surface area contributed by atoms with Crippen molar-refractivity contribution < 1.29 is 9.59 Å². The fourth-order valence-corrected chi connectivity index (χ4v) is 3.02. The molecule has 0 aliphatic heterocycles. The number of imide groups is 1. The maximum Gasteiger partial charge on any atom is 0.321 e. The Hall–Kier alpha value is -2.18. The normalized spacial score (nSPS) is 11.8. The van der Waals surface area contributed by atoms with Crippen LogP contribution in [-0.2, 0) is 11.3 Å². The molecule has 0 aliphatic carbocycles. The van der Waals surface area contributed by atoms with Gasteiger partial charge in [-0.25, -0.2) is 4.79 Å². The van der Waals surface area contributed by atoms with Crippen molar-refractivity contribution in [1.29, 1.82) is 0 Å². The van der Waals surface area contributed by atoms with Crippen molar-refractivity contribution in [2.75, 3.05) is 13.6 Å². The van der Waals surface area contributed by atoms with Gasteiger partial charge >= 0.3 is 6.03 Å². The van der Waals surface area contributed by atoms with Crippen LogP contribution in [0.5, 0.6) is 0 Å². The Labute approximate surface area is 156 Å². The highest BCUT2D eigenvalue weighted by Gasteiger charge is 2.26. The maximum atomic E-state index is 12.7. The summed E-state index contributed by atoms with van der Waals surface area (Å²) >= 11 is 3.54. The van der Waals surface area contributed by atoms with Gasteiger partial charge in [-0.15, -0.1) is 0 Å². The summed E-state index contributed by atoms with van der Waals surface area (Å²) in [6, 6.07) is 16.3. The fourth-order valence-electron chi connectivity index (χ4n) is 2.61. The van der Waals surface area contributed by atoms with Crippen LogP contribution in [0.25, 0.3) is 0 Å². The lowest BCUT2D eigenvalue weighted by atomic mass is 10.0. The zero-order chi connectivity index (χ0) is 18.2.